The summed E-state index contributed by atoms with van der Waals surface area (Å²) in [5.41, 5.74) is 5.38. The van der Waals surface area contributed by atoms with Gasteiger partial charge in [0, 0.05) is 5.56 Å². The maximum atomic E-state index is 11.9. The van der Waals surface area contributed by atoms with Gasteiger partial charge in [-0.1, -0.05) is 13.8 Å². The molecule has 0 unspecified atom stereocenters. The van der Waals surface area contributed by atoms with Crippen LogP contribution in [0.5, 0.6) is 11.5 Å². The Labute approximate surface area is 124 Å². The predicted molar refractivity (Wildman–Crippen MR) is 79.5 cm³/mol. The van der Waals surface area contributed by atoms with Crippen LogP contribution < -0.4 is 20.5 Å². The SMILES string of the molecule is CCOc1cc(C(=O)NCC(N)=O)ccc1OCC(C)C. The van der Waals surface area contributed by atoms with E-state index in [0.29, 0.717) is 36.2 Å². The predicted octanol–water partition coefficient (Wildman–Crippen LogP) is 1.34. The van der Waals surface area contributed by atoms with Gasteiger partial charge in [-0.25, -0.2) is 0 Å². The number of ether oxygens (including phenoxy) is 2. The molecule has 1 aromatic carbocycles. The molecule has 0 aromatic heterocycles. The van der Waals surface area contributed by atoms with Crippen LogP contribution in [0.4, 0.5) is 0 Å². The van der Waals surface area contributed by atoms with Crippen LogP contribution in [0.3, 0.4) is 0 Å². The van der Waals surface area contributed by atoms with Crippen molar-refractivity contribution in [1.82, 2.24) is 5.32 Å². The number of rotatable bonds is 8. The van der Waals surface area contributed by atoms with Gasteiger partial charge in [-0.05, 0) is 31.0 Å². The minimum atomic E-state index is -0.592. The first-order chi connectivity index (χ1) is 9.93. The lowest BCUT2D eigenvalue weighted by Crippen LogP contribution is -2.33. The van der Waals surface area contributed by atoms with Gasteiger partial charge in [0.25, 0.3) is 5.91 Å². The Kier molecular flexibility index (Phi) is 6.52. The van der Waals surface area contributed by atoms with E-state index < -0.39 is 5.91 Å². The normalized spacial score (nSPS) is 10.3. The van der Waals surface area contributed by atoms with E-state index in [4.69, 9.17) is 15.2 Å². The van der Waals surface area contributed by atoms with E-state index in [1.165, 1.54) is 0 Å². The monoisotopic (exact) mass is 294 g/mol. The molecule has 116 valence electrons. The van der Waals surface area contributed by atoms with E-state index in [2.05, 4.69) is 5.32 Å². The first-order valence-corrected chi connectivity index (χ1v) is 6.90. The van der Waals surface area contributed by atoms with Gasteiger partial charge in [-0.15, -0.1) is 0 Å². The molecule has 0 aliphatic rings. The lowest BCUT2D eigenvalue weighted by molar-refractivity contribution is -0.117. The Morgan fingerprint density at radius 3 is 2.52 bits per heavy atom. The van der Waals surface area contributed by atoms with Crippen molar-refractivity contribution in [3.63, 3.8) is 0 Å². The third kappa shape index (κ3) is 5.72. The summed E-state index contributed by atoms with van der Waals surface area (Å²) in [5.74, 6) is 0.510. The average Bonchev–Trinajstić information content (AvgIpc) is 2.43. The number of hydrogen-bond acceptors (Lipinski definition) is 4. The smallest absolute Gasteiger partial charge is 0.251 e. The van der Waals surface area contributed by atoms with Crippen LogP contribution in [-0.2, 0) is 4.79 Å². The van der Waals surface area contributed by atoms with Gasteiger partial charge in [0.15, 0.2) is 11.5 Å². The number of primary amides is 1. The van der Waals surface area contributed by atoms with Crippen LogP contribution >= 0.6 is 0 Å². The van der Waals surface area contributed by atoms with E-state index in [9.17, 15) is 9.59 Å². The van der Waals surface area contributed by atoms with Crippen LogP contribution in [0, 0.1) is 5.92 Å². The summed E-state index contributed by atoms with van der Waals surface area (Å²) in [6, 6.07) is 4.90. The number of carbonyl (C=O) groups excluding carboxylic acids is 2. The zero-order valence-corrected chi connectivity index (χ0v) is 12.6. The molecule has 6 heteroatoms. The van der Waals surface area contributed by atoms with Crippen molar-refractivity contribution in [2.24, 2.45) is 11.7 Å². The fourth-order valence-corrected chi connectivity index (χ4v) is 1.56. The van der Waals surface area contributed by atoms with Gasteiger partial charge in [0.1, 0.15) is 0 Å². The summed E-state index contributed by atoms with van der Waals surface area (Å²) in [5, 5.41) is 2.43. The number of hydrogen-bond donors (Lipinski definition) is 2. The maximum Gasteiger partial charge on any atom is 0.251 e. The van der Waals surface area contributed by atoms with Crippen LogP contribution in [-0.4, -0.2) is 31.6 Å². The Hall–Kier alpha value is -2.24. The molecular formula is C15H22N2O4. The summed E-state index contributed by atoms with van der Waals surface area (Å²) in [6.07, 6.45) is 0. The van der Waals surface area contributed by atoms with Crippen molar-refractivity contribution in [3.05, 3.63) is 23.8 Å². The molecule has 0 bridgehead atoms. The van der Waals surface area contributed by atoms with Crippen molar-refractivity contribution in [2.75, 3.05) is 19.8 Å². The van der Waals surface area contributed by atoms with E-state index in [0.717, 1.165) is 0 Å². The van der Waals surface area contributed by atoms with Crippen molar-refractivity contribution in [2.45, 2.75) is 20.8 Å². The van der Waals surface area contributed by atoms with Crippen LogP contribution in [0.15, 0.2) is 18.2 Å². The fourth-order valence-electron chi connectivity index (χ4n) is 1.56. The third-order valence-corrected chi connectivity index (χ3v) is 2.50. The Bertz CT molecular complexity index is 500. The van der Waals surface area contributed by atoms with Crippen molar-refractivity contribution < 1.29 is 19.1 Å². The highest BCUT2D eigenvalue weighted by Gasteiger charge is 2.12. The standard InChI is InChI=1S/C15H22N2O4/c1-4-20-13-7-11(15(19)17-8-14(16)18)5-6-12(13)21-9-10(2)3/h5-7,10H,4,8-9H2,1-3H3,(H2,16,18)(H,17,19). The number of amides is 2. The third-order valence-electron chi connectivity index (χ3n) is 2.50. The highest BCUT2D eigenvalue weighted by Crippen LogP contribution is 2.29. The topological polar surface area (TPSA) is 90.6 Å². The molecule has 6 nitrogen and oxygen atoms in total. The Morgan fingerprint density at radius 2 is 1.95 bits per heavy atom. The minimum absolute atomic E-state index is 0.200. The maximum absolute atomic E-state index is 11.9. The molecule has 0 saturated carbocycles. The van der Waals surface area contributed by atoms with Crippen LogP contribution in [0.25, 0.3) is 0 Å². The van der Waals surface area contributed by atoms with Crippen molar-refractivity contribution in [1.29, 1.82) is 0 Å². The molecule has 0 fully saturated rings. The second kappa shape index (κ2) is 8.14. The number of benzene rings is 1. The minimum Gasteiger partial charge on any atom is -0.490 e. The molecule has 0 atom stereocenters. The molecule has 21 heavy (non-hydrogen) atoms. The van der Waals surface area contributed by atoms with Gasteiger partial charge in [0.2, 0.25) is 5.91 Å². The van der Waals surface area contributed by atoms with E-state index >= 15 is 0 Å². The first kappa shape index (κ1) is 16.8. The molecule has 0 aliphatic carbocycles. The van der Waals surface area contributed by atoms with E-state index in [1.54, 1.807) is 18.2 Å². The molecular weight excluding hydrogens is 272 g/mol. The Morgan fingerprint density at radius 1 is 1.24 bits per heavy atom. The summed E-state index contributed by atoms with van der Waals surface area (Å²) < 4.78 is 11.1. The van der Waals surface area contributed by atoms with Gasteiger partial charge in [-0.3, -0.25) is 9.59 Å². The molecule has 0 saturated heterocycles. The highest BCUT2D eigenvalue weighted by atomic mass is 16.5. The second-order valence-electron chi connectivity index (χ2n) is 4.95. The number of nitrogens with one attached hydrogen (secondary N) is 1. The molecule has 3 N–H and O–H groups in total. The molecule has 0 heterocycles. The van der Waals surface area contributed by atoms with Crippen LogP contribution in [0.2, 0.25) is 0 Å². The van der Waals surface area contributed by atoms with Crippen molar-refractivity contribution in [3.8, 4) is 11.5 Å². The largest absolute Gasteiger partial charge is 0.490 e. The quantitative estimate of drug-likeness (QED) is 0.757. The van der Waals surface area contributed by atoms with Gasteiger partial charge >= 0.3 is 0 Å². The summed E-state index contributed by atoms with van der Waals surface area (Å²) in [6.45, 7) is 6.77. The molecule has 1 rings (SSSR count). The summed E-state index contributed by atoms with van der Waals surface area (Å²) >= 11 is 0. The summed E-state index contributed by atoms with van der Waals surface area (Å²) in [4.78, 5) is 22.5. The highest BCUT2D eigenvalue weighted by molar-refractivity contribution is 5.96. The zero-order valence-electron chi connectivity index (χ0n) is 12.6. The molecule has 1 aromatic rings. The number of nitrogens with two attached hydrogens (primary N) is 1. The second-order valence-corrected chi connectivity index (χ2v) is 4.95. The lowest BCUT2D eigenvalue weighted by atomic mass is 10.2. The van der Waals surface area contributed by atoms with Gasteiger partial charge < -0.3 is 20.5 Å². The average molecular weight is 294 g/mol. The summed E-state index contributed by atoms with van der Waals surface area (Å²) in [7, 11) is 0. The van der Waals surface area contributed by atoms with Crippen molar-refractivity contribution >= 4 is 11.8 Å². The molecule has 0 aliphatic heterocycles. The fraction of sp³-hybridized carbons (Fsp3) is 0.467. The Balaban J connectivity index is 2.85. The van der Waals surface area contributed by atoms with Gasteiger partial charge in [0.05, 0.1) is 19.8 Å². The van der Waals surface area contributed by atoms with E-state index in [-0.39, 0.29) is 12.5 Å². The van der Waals surface area contributed by atoms with Gasteiger partial charge in [-0.2, -0.15) is 0 Å². The van der Waals surface area contributed by atoms with E-state index in [1.807, 2.05) is 20.8 Å². The molecule has 0 spiro atoms. The van der Waals surface area contributed by atoms with Crippen LogP contribution in [0.1, 0.15) is 31.1 Å². The number of carbonyl (C=O) groups is 2. The first-order valence-electron chi connectivity index (χ1n) is 6.90. The molecule has 0 radical (unpaired) electrons. The molecule has 2 amide bonds. The lowest BCUT2D eigenvalue weighted by Gasteiger charge is -2.14. The zero-order chi connectivity index (χ0) is 15.8.